The second kappa shape index (κ2) is 6.51. The van der Waals surface area contributed by atoms with Crippen LogP contribution in [0, 0.1) is 0 Å². The fourth-order valence-corrected chi connectivity index (χ4v) is 3.65. The SMILES string of the molecule is CCCN1C(=O)c2ccccc2C1C(=O)NC1CCCCC1. The minimum Gasteiger partial charge on any atom is -0.351 e. The van der Waals surface area contributed by atoms with E-state index in [1.807, 2.05) is 31.2 Å². The van der Waals surface area contributed by atoms with Crippen LogP contribution in [0.15, 0.2) is 24.3 Å². The molecule has 1 fully saturated rings. The standard InChI is InChI=1S/C18H24N2O2/c1-2-12-20-16(14-10-6-7-11-15(14)18(20)22)17(21)19-13-8-4-3-5-9-13/h6-7,10-11,13,16H,2-5,8-9,12H2,1H3,(H,19,21). The number of hydrogen-bond acceptors (Lipinski definition) is 2. The lowest BCUT2D eigenvalue weighted by molar-refractivity contribution is -0.126. The first kappa shape index (κ1) is 15.1. The van der Waals surface area contributed by atoms with Crippen LogP contribution < -0.4 is 5.32 Å². The zero-order valence-electron chi connectivity index (χ0n) is 13.2. The Morgan fingerprint density at radius 2 is 1.95 bits per heavy atom. The lowest BCUT2D eigenvalue weighted by Crippen LogP contribution is -2.44. The van der Waals surface area contributed by atoms with Crippen LogP contribution >= 0.6 is 0 Å². The summed E-state index contributed by atoms with van der Waals surface area (Å²) in [4.78, 5) is 27.1. The van der Waals surface area contributed by atoms with Crippen LogP contribution in [0.4, 0.5) is 0 Å². The Morgan fingerprint density at radius 3 is 2.68 bits per heavy atom. The minimum atomic E-state index is -0.453. The topological polar surface area (TPSA) is 49.4 Å². The molecule has 1 aliphatic heterocycles. The van der Waals surface area contributed by atoms with Crippen molar-refractivity contribution in [2.24, 2.45) is 0 Å². The summed E-state index contributed by atoms with van der Waals surface area (Å²) in [7, 11) is 0. The maximum absolute atomic E-state index is 12.8. The van der Waals surface area contributed by atoms with Crippen molar-refractivity contribution in [1.82, 2.24) is 10.2 Å². The number of fused-ring (bicyclic) bond motifs is 1. The second-order valence-electron chi connectivity index (χ2n) is 6.33. The van der Waals surface area contributed by atoms with Crippen molar-refractivity contribution in [3.05, 3.63) is 35.4 Å². The van der Waals surface area contributed by atoms with Gasteiger partial charge in [-0.3, -0.25) is 9.59 Å². The van der Waals surface area contributed by atoms with E-state index in [2.05, 4.69) is 5.32 Å². The molecular formula is C18H24N2O2. The van der Waals surface area contributed by atoms with Crippen LogP contribution in [0.1, 0.15) is 67.4 Å². The third-order valence-corrected chi connectivity index (χ3v) is 4.72. The molecule has 3 rings (SSSR count). The van der Waals surface area contributed by atoms with Gasteiger partial charge in [0.05, 0.1) is 0 Å². The quantitative estimate of drug-likeness (QED) is 0.929. The van der Waals surface area contributed by atoms with Gasteiger partial charge in [0, 0.05) is 18.2 Å². The third-order valence-electron chi connectivity index (χ3n) is 4.72. The molecule has 2 amide bonds. The first-order valence-electron chi connectivity index (χ1n) is 8.42. The van der Waals surface area contributed by atoms with Crippen molar-refractivity contribution >= 4 is 11.8 Å². The molecular weight excluding hydrogens is 276 g/mol. The monoisotopic (exact) mass is 300 g/mol. The van der Waals surface area contributed by atoms with E-state index in [0.717, 1.165) is 24.8 Å². The van der Waals surface area contributed by atoms with Crippen molar-refractivity contribution in [2.75, 3.05) is 6.54 Å². The van der Waals surface area contributed by atoms with Gasteiger partial charge in [-0.15, -0.1) is 0 Å². The molecule has 1 unspecified atom stereocenters. The maximum atomic E-state index is 12.8. The predicted octanol–water partition coefficient (Wildman–Crippen LogP) is 3.04. The second-order valence-corrected chi connectivity index (χ2v) is 6.33. The zero-order valence-corrected chi connectivity index (χ0v) is 13.2. The van der Waals surface area contributed by atoms with Crippen LogP contribution in [0.3, 0.4) is 0 Å². The Hall–Kier alpha value is -1.84. The lowest BCUT2D eigenvalue weighted by Gasteiger charge is -2.28. The molecule has 0 saturated heterocycles. The Labute approximate surface area is 131 Å². The minimum absolute atomic E-state index is 0.0127. The van der Waals surface area contributed by atoms with E-state index < -0.39 is 6.04 Å². The van der Waals surface area contributed by atoms with Crippen molar-refractivity contribution < 1.29 is 9.59 Å². The molecule has 2 aliphatic rings. The van der Waals surface area contributed by atoms with E-state index in [0.29, 0.717) is 12.1 Å². The molecule has 4 heteroatoms. The van der Waals surface area contributed by atoms with Gasteiger partial charge in [-0.2, -0.15) is 0 Å². The summed E-state index contributed by atoms with van der Waals surface area (Å²) in [5.41, 5.74) is 1.54. The summed E-state index contributed by atoms with van der Waals surface area (Å²) in [5, 5.41) is 3.18. The van der Waals surface area contributed by atoms with Crippen molar-refractivity contribution in [2.45, 2.75) is 57.5 Å². The molecule has 22 heavy (non-hydrogen) atoms. The number of rotatable bonds is 4. The van der Waals surface area contributed by atoms with E-state index in [1.165, 1.54) is 19.3 Å². The molecule has 0 radical (unpaired) electrons. The highest BCUT2D eigenvalue weighted by atomic mass is 16.2. The van der Waals surface area contributed by atoms with Gasteiger partial charge in [-0.05, 0) is 30.9 Å². The summed E-state index contributed by atoms with van der Waals surface area (Å²) < 4.78 is 0. The van der Waals surface area contributed by atoms with E-state index in [1.54, 1.807) is 4.90 Å². The molecule has 1 atom stereocenters. The number of hydrogen-bond donors (Lipinski definition) is 1. The fourth-order valence-electron chi connectivity index (χ4n) is 3.65. The summed E-state index contributed by atoms with van der Waals surface area (Å²) >= 11 is 0. The summed E-state index contributed by atoms with van der Waals surface area (Å²) in [6.45, 7) is 2.66. The fraction of sp³-hybridized carbons (Fsp3) is 0.556. The Morgan fingerprint density at radius 1 is 1.23 bits per heavy atom. The first-order chi connectivity index (χ1) is 10.7. The van der Waals surface area contributed by atoms with Gasteiger partial charge < -0.3 is 10.2 Å². The summed E-state index contributed by atoms with van der Waals surface area (Å²) in [6, 6.07) is 7.32. The van der Waals surface area contributed by atoms with Crippen molar-refractivity contribution in [1.29, 1.82) is 0 Å². The molecule has 1 N–H and O–H groups in total. The summed E-state index contributed by atoms with van der Waals surface area (Å²) in [6.07, 6.45) is 6.60. The first-order valence-corrected chi connectivity index (χ1v) is 8.42. The smallest absolute Gasteiger partial charge is 0.255 e. The maximum Gasteiger partial charge on any atom is 0.255 e. The molecule has 1 saturated carbocycles. The Balaban J connectivity index is 1.82. The highest BCUT2D eigenvalue weighted by Gasteiger charge is 2.40. The number of carbonyl (C=O) groups excluding carboxylic acids is 2. The number of benzene rings is 1. The van der Waals surface area contributed by atoms with Crippen LogP contribution in [0.25, 0.3) is 0 Å². The molecule has 0 spiro atoms. The van der Waals surface area contributed by atoms with Crippen LogP contribution in [-0.2, 0) is 4.79 Å². The molecule has 1 aliphatic carbocycles. The average Bonchev–Trinajstić information content (AvgIpc) is 2.82. The largest absolute Gasteiger partial charge is 0.351 e. The van der Waals surface area contributed by atoms with E-state index >= 15 is 0 Å². The highest BCUT2D eigenvalue weighted by molar-refractivity contribution is 6.04. The molecule has 1 aromatic rings. The molecule has 0 aromatic heterocycles. The van der Waals surface area contributed by atoms with Gasteiger partial charge in [0.1, 0.15) is 6.04 Å². The van der Waals surface area contributed by atoms with E-state index in [9.17, 15) is 9.59 Å². The average molecular weight is 300 g/mol. The lowest BCUT2D eigenvalue weighted by atomic mass is 9.95. The van der Waals surface area contributed by atoms with E-state index in [4.69, 9.17) is 0 Å². The Kier molecular flexibility index (Phi) is 4.46. The van der Waals surface area contributed by atoms with Crippen molar-refractivity contribution in [3.8, 4) is 0 Å². The normalized spacial score (nSPS) is 21.8. The molecule has 0 bridgehead atoms. The van der Waals surface area contributed by atoms with Gasteiger partial charge in [0.25, 0.3) is 5.91 Å². The number of nitrogens with zero attached hydrogens (tertiary/aromatic N) is 1. The number of carbonyl (C=O) groups is 2. The van der Waals surface area contributed by atoms with Crippen LogP contribution in [-0.4, -0.2) is 29.3 Å². The zero-order chi connectivity index (χ0) is 15.5. The van der Waals surface area contributed by atoms with Gasteiger partial charge in [-0.25, -0.2) is 0 Å². The van der Waals surface area contributed by atoms with Crippen LogP contribution in [0.5, 0.6) is 0 Å². The molecule has 4 nitrogen and oxygen atoms in total. The number of amides is 2. The Bertz CT molecular complexity index is 564. The molecule has 1 aromatic carbocycles. The van der Waals surface area contributed by atoms with E-state index in [-0.39, 0.29) is 17.9 Å². The van der Waals surface area contributed by atoms with Crippen molar-refractivity contribution in [3.63, 3.8) is 0 Å². The van der Waals surface area contributed by atoms with Gasteiger partial charge in [-0.1, -0.05) is 44.4 Å². The summed E-state index contributed by atoms with van der Waals surface area (Å²) in [5.74, 6) is -0.0279. The highest BCUT2D eigenvalue weighted by Crippen LogP contribution is 2.34. The molecule has 1 heterocycles. The van der Waals surface area contributed by atoms with Gasteiger partial charge in [0.2, 0.25) is 5.91 Å². The predicted molar refractivity (Wildman–Crippen MR) is 85.5 cm³/mol. The van der Waals surface area contributed by atoms with Crippen LogP contribution in [0.2, 0.25) is 0 Å². The number of nitrogens with one attached hydrogen (secondary N) is 1. The third kappa shape index (κ3) is 2.74. The van der Waals surface area contributed by atoms with Gasteiger partial charge in [0.15, 0.2) is 0 Å². The van der Waals surface area contributed by atoms with Gasteiger partial charge >= 0.3 is 0 Å². The molecule has 118 valence electrons.